The molecule has 0 saturated carbocycles. The highest BCUT2D eigenvalue weighted by atomic mass is 32.2. The van der Waals surface area contributed by atoms with Crippen molar-refractivity contribution in [3.63, 3.8) is 0 Å². The second kappa shape index (κ2) is 9.12. The molecule has 3 aromatic rings. The number of aryl methyl sites for hydroxylation is 2. The number of carbonyl (C=O) groups excluding carboxylic acids is 1. The average Bonchev–Trinajstić information content (AvgIpc) is 3.13. The smallest absolute Gasteiger partial charge is 0.269 e. The number of rotatable bonds is 7. The molecule has 0 bridgehead atoms. The van der Waals surface area contributed by atoms with Crippen LogP contribution in [0.5, 0.6) is 0 Å². The van der Waals surface area contributed by atoms with Crippen molar-refractivity contribution in [1.82, 2.24) is 9.55 Å². The number of hydrogen-bond donors (Lipinski definition) is 1. The Morgan fingerprint density at radius 3 is 2.76 bits per heavy atom. The molecule has 0 atom stereocenters. The molecular weight excluding hydrogens is 466 g/mol. The Labute approximate surface area is 195 Å². The number of thioether (sulfide) groups is 1. The summed E-state index contributed by atoms with van der Waals surface area (Å²) in [4.78, 5) is 29.9. The van der Waals surface area contributed by atoms with E-state index in [9.17, 15) is 23.3 Å². The Morgan fingerprint density at radius 2 is 2.06 bits per heavy atom. The van der Waals surface area contributed by atoms with Crippen molar-refractivity contribution in [3.8, 4) is 0 Å². The molecule has 4 rings (SSSR count). The van der Waals surface area contributed by atoms with E-state index in [1.54, 1.807) is 17.0 Å². The fourth-order valence-corrected chi connectivity index (χ4v) is 5.43. The molecule has 10 nitrogen and oxygen atoms in total. The molecule has 2 aromatic carbocycles. The van der Waals surface area contributed by atoms with Gasteiger partial charge in [-0.15, -0.1) is 0 Å². The van der Waals surface area contributed by atoms with Crippen molar-refractivity contribution in [1.29, 1.82) is 0 Å². The number of nitro benzene ring substituents is 1. The van der Waals surface area contributed by atoms with Crippen LogP contribution in [0.1, 0.15) is 25.3 Å². The monoisotopic (exact) mass is 489 g/mol. The SMILES string of the molecule is CCCn1c(SCC(=O)N2CCCc3cc([N+](=O)[O-])ccc32)nc2cc(S(N)(=O)=O)ccc21. The van der Waals surface area contributed by atoms with Crippen molar-refractivity contribution in [2.45, 2.75) is 42.8 Å². The van der Waals surface area contributed by atoms with Crippen LogP contribution in [-0.2, 0) is 27.8 Å². The van der Waals surface area contributed by atoms with Crippen molar-refractivity contribution in [2.75, 3.05) is 17.2 Å². The topological polar surface area (TPSA) is 141 Å². The fraction of sp³-hybridized carbons (Fsp3) is 0.333. The van der Waals surface area contributed by atoms with Gasteiger partial charge in [0.25, 0.3) is 5.69 Å². The number of primary sulfonamides is 1. The summed E-state index contributed by atoms with van der Waals surface area (Å²) in [6.45, 7) is 3.24. The van der Waals surface area contributed by atoms with E-state index in [0.717, 1.165) is 23.9 Å². The lowest BCUT2D eigenvalue weighted by Gasteiger charge is -2.29. The van der Waals surface area contributed by atoms with Crippen LogP contribution in [0.4, 0.5) is 11.4 Å². The molecular formula is C21H23N5O5S2. The van der Waals surface area contributed by atoms with Crippen LogP contribution < -0.4 is 10.0 Å². The minimum atomic E-state index is -3.85. The maximum atomic E-state index is 13.1. The molecule has 1 aromatic heterocycles. The zero-order valence-electron chi connectivity index (χ0n) is 17.9. The van der Waals surface area contributed by atoms with Crippen LogP contribution in [-0.4, -0.2) is 41.1 Å². The predicted octanol–water partition coefficient (Wildman–Crippen LogP) is 3.07. The molecule has 33 heavy (non-hydrogen) atoms. The first-order chi connectivity index (χ1) is 15.7. The Balaban J connectivity index is 1.58. The summed E-state index contributed by atoms with van der Waals surface area (Å²) in [5.41, 5.74) is 2.79. The van der Waals surface area contributed by atoms with Crippen molar-refractivity contribution in [3.05, 3.63) is 52.1 Å². The minimum Gasteiger partial charge on any atom is -0.319 e. The summed E-state index contributed by atoms with van der Waals surface area (Å²) in [5, 5.41) is 16.9. The van der Waals surface area contributed by atoms with Crippen LogP contribution in [0, 0.1) is 10.1 Å². The molecule has 0 radical (unpaired) electrons. The highest BCUT2D eigenvalue weighted by Gasteiger charge is 2.25. The number of benzene rings is 2. The van der Waals surface area contributed by atoms with Gasteiger partial charge in [-0.05, 0) is 49.1 Å². The second-order valence-corrected chi connectivity index (χ2v) is 10.3. The largest absolute Gasteiger partial charge is 0.319 e. The van der Waals surface area contributed by atoms with E-state index in [4.69, 9.17) is 5.14 Å². The number of hydrogen-bond acceptors (Lipinski definition) is 7. The van der Waals surface area contributed by atoms with Gasteiger partial charge in [0.05, 0.1) is 26.6 Å². The van der Waals surface area contributed by atoms with E-state index >= 15 is 0 Å². The van der Waals surface area contributed by atoms with E-state index in [-0.39, 0.29) is 22.2 Å². The lowest BCUT2D eigenvalue weighted by molar-refractivity contribution is -0.384. The molecule has 1 aliphatic rings. The van der Waals surface area contributed by atoms with Crippen LogP contribution in [0.2, 0.25) is 0 Å². The third-order valence-electron chi connectivity index (χ3n) is 5.48. The molecule has 1 amide bonds. The number of non-ortho nitro benzene ring substituents is 1. The number of imidazole rings is 1. The van der Waals surface area contributed by atoms with Crippen molar-refractivity contribution in [2.24, 2.45) is 5.14 Å². The van der Waals surface area contributed by atoms with Crippen LogP contribution in [0.3, 0.4) is 0 Å². The third-order valence-corrected chi connectivity index (χ3v) is 7.35. The molecule has 174 valence electrons. The lowest BCUT2D eigenvalue weighted by atomic mass is 10.0. The Hall–Kier alpha value is -2.96. The number of amides is 1. The summed E-state index contributed by atoms with van der Waals surface area (Å²) in [6.07, 6.45) is 2.25. The van der Waals surface area contributed by atoms with Gasteiger partial charge in [-0.2, -0.15) is 0 Å². The standard InChI is InChI=1S/C21H23N5O5S2/c1-2-9-25-19-8-6-16(33(22,30)31)12-17(19)23-21(25)32-13-20(27)24-10-3-4-14-11-15(26(28)29)5-7-18(14)24/h5-8,11-12H,2-4,9-10,13H2,1H3,(H2,22,30,31). The van der Waals surface area contributed by atoms with Gasteiger partial charge in [-0.3, -0.25) is 14.9 Å². The van der Waals surface area contributed by atoms with Crippen LogP contribution in [0.15, 0.2) is 46.5 Å². The average molecular weight is 490 g/mol. The number of fused-ring (bicyclic) bond motifs is 2. The van der Waals surface area contributed by atoms with Gasteiger partial charge in [0.1, 0.15) is 0 Å². The van der Waals surface area contributed by atoms with Crippen LogP contribution in [0.25, 0.3) is 11.0 Å². The maximum absolute atomic E-state index is 13.1. The number of carbonyl (C=O) groups is 1. The Bertz CT molecular complexity index is 1350. The minimum absolute atomic E-state index is 0.0113. The normalized spacial score (nSPS) is 13.8. The van der Waals surface area contributed by atoms with E-state index < -0.39 is 14.9 Å². The summed E-state index contributed by atoms with van der Waals surface area (Å²) in [5.74, 6) is 0.0148. The highest BCUT2D eigenvalue weighted by Crippen LogP contribution is 2.32. The molecule has 1 aliphatic heterocycles. The van der Waals surface area contributed by atoms with Gasteiger partial charge < -0.3 is 9.47 Å². The number of anilines is 1. The quantitative estimate of drug-likeness (QED) is 0.305. The van der Waals surface area contributed by atoms with Gasteiger partial charge in [0.15, 0.2) is 5.16 Å². The van der Waals surface area contributed by atoms with Gasteiger partial charge in [0.2, 0.25) is 15.9 Å². The van der Waals surface area contributed by atoms with Gasteiger partial charge in [-0.25, -0.2) is 18.5 Å². The maximum Gasteiger partial charge on any atom is 0.269 e. The number of sulfonamides is 1. The van der Waals surface area contributed by atoms with Crippen molar-refractivity contribution < 1.29 is 18.1 Å². The van der Waals surface area contributed by atoms with Gasteiger partial charge >= 0.3 is 0 Å². The molecule has 12 heteroatoms. The van der Waals surface area contributed by atoms with Gasteiger partial charge in [-0.1, -0.05) is 18.7 Å². The number of nitro groups is 1. The number of nitrogens with two attached hydrogens (primary N) is 1. The first-order valence-electron chi connectivity index (χ1n) is 10.4. The molecule has 2 heterocycles. The molecule has 0 fully saturated rings. The Morgan fingerprint density at radius 1 is 1.27 bits per heavy atom. The van der Waals surface area contributed by atoms with E-state index in [1.165, 1.54) is 36.0 Å². The molecule has 2 N–H and O–H groups in total. The van der Waals surface area contributed by atoms with E-state index in [0.29, 0.717) is 35.9 Å². The first kappa shape index (κ1) is 23.2. The fourth-order valence-electron chi connectivity index (χ4n) is 3.97. The molecule has 0 saturated heterocycles. The van der Waals surface area contributed by atoms with Crippen LogP contribution >= 0.6 is 11.8 Å². The summed E-state index contributed by atoms with van der Waals surface area (Å²) < 4.78 is 25.4. The third kappa shape index (κ3) is 4.72. The highest BCUT2D eigenvalue weighted by molar-refractivity contribution is 7.99. The molecule has 0 spiro atoms. The number of nitrogens with zero attached hydrogens (tertiary/aromatic N) is 4. The summed E-state index contributed by atoms with van der Waals surface area (Å²) in [6, 6.07) is 9.16. The molecule has 0 aliphatic carbocycles. The number of aromatic nitrogens is 2. The van der Waals surface area contributed by atoms with Crippen molar-refractivity contribution >= 4 is 50.1 Å². The van der Waals surface area contributed by atoms with E-state index in [1.807, 2.05) is 11.5 Å². The first-order valence-corrected chi connectivity index (χ1v) is 13.0. The second-order valence-electron chi connectivity index (χ2n) is 7.75. The lowest BCUT2D eigenvalue weighted by Crippen LogP contribution is -2.36. The Kier molecular flexibility index (Phi) is 6.41. The summed E-state index contributed by atoms with van der Waals surface area (Å²) >= 11 is 1.28. The zero-order chi connectivity index (χ0) is 23.8. The predicted molar refractivity (Wildman–Crippen MR) is 126 cm³/mol. The summed E-state index contributed by atoms with van der Waals surface area (Å²) in [7, 11) is -3.85. The van der Waals surface area contributed by atoms with Gasteiger partial charge in [0, 0.05) is 30.9 Å². The molecule has 0 unspecified atom stereocenters. The van der Waals surface area contributed by atoms with E-state index in [2.05, 4.69) is 4.98 Å². The zero-order valence-corrected chi connectivity index (χ0v) is 19.6.